The quantitative estimate of drug-likeness (QED) is 0.595. The lowest BCUT2D eigenvalue weighted by Gasteiger charge is -2.21. The Morgan fingerprint density at radius 3 is 2.29 bits per heavy atom. The maximum atomic E-state index is 13.3. The van der Waals surface area contributed by atoms with Crippen LogP contribution in [0, 0.1) is 5.82 Å². The maximum absolute atomic E-state index is 13.3. The van der Waals surface area contributed by atoms with Crippen LogP contribution in [0.25, 0.3) is 0 Å². The monoisotopic (exact) mass is 390 g/mol. The SMILES string of the molecule is CC(C)(C)c1ccc(C2(COCc3ccc(F)c(Br)c3)CC2)cc1. The van der Waals surface area contributed by atoms with Crippen molar-refractivity contribution >= 4 is 15.9 Å². The average Bonchev–Trinajstić information content (AvgIpc) is 3.31. The minimum atomic E-state index is -0.239. The molecule has 3 heteroatoms. The van der Waals surface area contributed by atoms with Gasteiger partial charge in [0.15, 0.2) is 0 Å². The molecule has 0 amide bonds. The van der Waals surface area contributed by atoms with Crippen LogP contribution in [-0.2, 0) is 22.2 Å². The first-order valence-electron chi connectivity index (χ1n) is 8.43. The van der Waals surface area contributed by atoms with Crippen LogP contribution in [0.15, 0.2) is 46.9 Å². The van der Waals surface area contributed by atoms with Crippen molar-refractivity contribution in [3.8, 4) is 0 Å². The molecule has 3 rings (SSSR count). The number of halogens is 2. The lowest BCUT2D eigenvalue weighted by Crippen LogP contribution is -2.16. The van der Waals surface area contributed by atoms with Gasteiger partial charge in [0.1, 0.15) is 5.82 Å². The molecule has 128 valence electrons. The first kappa shape index (κ1) is 17.6. The predicted octanol–water partition coefficient (Wildman–Crippen LogP) is 6.13. The molecule has 0 spiro atoms. The predicted molar refractivity (Wildman–Crippen MR) is 99.8 cm³/mol. The fraction of sp³-hybridized carbons (Fsp3) is 0.429. The van der Waals surface area contributed by atoms with E-state index in [9.17, 15) is 4.39 Å². The Hall–Kier alpha value is -1.19. The van der Waals surface area contributed by atoms with E-state index in [1.165, 1.54) is 30.0 Å². The van der Waals surface area contributed by atoms with Crippen molar-refractivity contribution in [1.29, 1.82) is 0 Å². The topological polar surface area (TPSA) is 9.23 Å². The van der Waals surface area contributed by atoms with E-state index in [0.29, 0.717) is 11.1 Å². The first-order chi connectivity index (χ1) is 11.3. The molecule has 0 unspecified atom stereocenters. The van der Waals surface area contributed by atoms with Gasteiger partial charge in [0, 0.05) is 5.41 Å². The zero-order valence-corrected chi connectivity index (χ0v) is 16.1. The average molecular weight is 391 g/mol. The summed E-state index contributed by atoms with van der Waals surface area (Å²) in [5.41, 5.74) is 4.08. The van der Waals surface area contributed by atoms with Crippen LogP contribution in [-0.4, -0.2) is 6.61 Å². The Morgan fingerprint density at radius 2 is 1.75 bits per heavy atom. The highest BCUT2D eigenvalue weighted by Gasteiger charge is 2.44. The van der Waals surface area contributed by atoms with Crippen LogP contribution < -0.4 is 0 Å². The second-order valence-corrected chi connectivity index (χ2v) is 8.70. The highest BCUT2D eigenvalue weighted by atomic mass is 79.9. The lowest BCUT2D eigenvalue weighted by molar-refractivity contribution is 0.100. The third-order valence-electron chi connectivity index (χ3n) is 4.85. The van der Waals surface area contributed by atoms with Crippen LogP contribution in [0.4, 0.5) is 4.39 Å². The Kier molecular flexibility index (Phi) is 4.85. The van der Waals surface area contributed by atoms with Crippen molar-refractivity contribution in [2.24, 2.45) is 0 Å². The second kappa shape index (κ2) is 6.61. The number of rotatable bonds is 5. The number of ether oxygens (including phenoxy) is 1. The van der Waals surface area contributed by atoms with Gasteiger partial charge in [-0.2, -0.15) is 0 Å². The summed E-state index contributed by atoms with van der Waals surface area (Å²) in [5.74, 6) is -0.239. The summed E-state index contributed by atoms with van der Waals surface area (Å²) in [7, 11) is 0. The molecule has 1 saturated carbocycles. The molecule has 1 nitrogen and oxygen atoms in total. The normalized spacial score (nSPS) is 16.2. The molecule has 0 atom stereocenters. The first-order valence-corrected chi connectivity index (χ1v) is 9.22. The molecule has 1 aliphatic carbocycles. The minimum absolute atomic E-state index is 0.174. The van der Waals surface area contributed by atoms with Gasteiger partial charge in [0.25, 0.3) is 0 Å². The standard InChI is InChI=1S/C21H24BrFO/c1-20(2,3)16-5-7-17(8-6-16)21(10-11-21)14-24-13-15-4-9-19(23)18(22)12-15/h4-9,12H,10-11,13-14H2,1-3H3. The Balaban J connectivity index is 1.61. The van der Waals surface area contributed by atoms with Crippen LogP contribution in [0.5, 0.6) is 0 Å². The molecule has 0 bridgehead atoms. The molecule has 0 aromatic heterocycles. The van der Waals surface area contributed by atoms with E-state index in [1.54, 1.807) is 12.1 Å². The summed E-state index contributed by atoms with van der Waals surface area (Å²) in [5, 5.41) is 0. The molecule has 2 aromatic rings. The summed E-state index contributed by atoms with van der Waals surface area (Å²) in [4.78, 5) is 0. The van der Waals surface area contributed by atoms with E-state index in [2.05, 4.69) is 61.0 Å². The third-order valence-corrected chi connectivity index (χ3v) is 5.46. The van der Waals surface area contributed by atoms with Gasteiger partial charge in [-0.05, 0) is 63.0 Å². The molecule has 0 saturated heterocycles. The van der Waals surface area contributed by atoms with Gasteiger partial charge < -0.3 is 4.74 Å². The summed E-state index contributed by atoms with van der Waals surface area (Å²) in [6.07, 6.45) is 2.35. The van der Waals surface area contributed by atoms with Gasteiger partial charge >= 0.3 is 0 Å². The van der Waals surface area contributed by atoms with E-state index < -0.39 is 0 Å². The lowest BCUT2D eigenvalue weighted by atomic mass is 9.85. The fourth-order valence-electron chi connectivity index (χ4n) is 2.98. The second-order valence-electron chi connectivity index (χ2n) is 7.85. The van der Waals surface area contributed by atoms with E-state index in [1.807, 2.05) is 0 Å². The van der Waals surface area contributed by atoms with Gasteiger partial charge in [0.2, 0.25) is 0 Å². The number of hydrogen-bond acceptors (Lipinski definition) is 1. The molecule has 0 radical (unpaired) electrons. The molecule has 24 heavy (non-hydrogen) atoms. The van der Waals surface area contributed by atoms with Crippen molar-refractivity contribution in [2.45, 2.75) is 51.0 Å². The Labute approximate surface area is 152 Å². The molecule has 0 N–H and O–H groups in total. The van der Waals surface area contributed by atoms with Crippen LogP contribution in [0.2, 0.25) is 0 Å². The van der Waals surface area contributed by atoms with Crippen LogP contribution in [0.1, 0.15) is 50.3 Å². The minimum Gasteiger partial charge on any atom is -0.376 e. The highest BCUT2D eigenvalue weighted by Crippen LogP contribution is 2.48. The summed E-state index contributed by atoms with van der Waals surface area (Å²) < 4.78 is 19.7. The van der Waals surface area contributed by atoms with Gasteiger partial charge in [-0.15, -0.1) is 0 Å². The van der Waals surface area contributed by atoms with E-state index in [4.69, 9.17) is 4.74 Å². The zero-order chi connectivity index (χ0) is 17.4. The van der Waals surface area contributed by atoms with Crippen molar-refractivity contribution < 1.29 is 9.13 Å². The Bertz CT molecular complexity index is 712. The third kappa shape index (κ3) is 3.89. The summed E-state index contributed by atoms with van der Waals surface area (Å²) in [6, 6.07) is 14.0. The molecule has 1 aliphatic rings. The molecule has 0 aliphatic heterocycles. The van der Waals surface area contributed by atoms with Crippen molar-refractivity contribution in [3.05, 3.63) is 69.4 Å². The molecule has 0 heterocycles. The molecular weight excluding hydrogens is 367 g/mol. The van der Waals surface area contributed by atoms with E-state index in [-0.39, 0.29) is 16.6 Å². The van der Waals surface area contributed by atoms with Crippen molar-refractivity contribution in [2.75, 3.05) is 6.61 Å². The van der Waals surface area contributed by atoms with Gasteiger partial charge in [-0.3, -0.25) is 0 Å². The number of benzene rings is 2. The van der Waals surface area contributed by atoms with Gasteiger partial charge in [-0.1, -0.05) is 51.1 Å². The molecular formula is C21H24BrFO. The highest BCUT2D eigenvalue weighted by molar-refractivity contribution is 9.10. The van der Waals surface area contributed by atoms with E-state index >= 15 is 0 Å². The van der Waals surface area contributed by atoms with E-state index in [0.717, 1.165) is 12.2 Å². The summed E-state index contributed by atoms with van der Waals surface area (Å²) >= 11 is 3.22. The summed E-state index contributed by atoms with van der Waals surface area (Å²) in [6.45, 7) is 7.94. The molecule has 1 fully saturated rings. The number of hydrogen-bond donors (Lipinski definition) is 0. The van der Waals surface area contributed by atoms with Crippen molar-refractivity contribution in [3.63, 3.8) is 0 Å². The fourth-order valence-corrected chi connectivity index (χ4v) is 3.41. The Morgan fingerprint density at radius 1 is 1.08 bits per heavy atom. The zero-order valence-electron chi connectivity index (χ0n) is 14.5. The smallest absolute Gasteiger partial charge is 0.137 e. The van der Waals surface area contributed by atoms with Crippen LogP contribution >= 0.6 is 15.9 Å². The van der Waals surface area contributed by atoms with Gasteiger partial charge in [0.05, 0.1) is 17.7 Å². The molecule has 2 aromatic carbocycles. The van der Waals surface area contributed by atoms with Crippen LogP contribution in [0.3, 0.4) is 0 Å². The van der Waals surface area contributed by atoms with Crippen molar-refractivity contribution in [1.82, 2.24) is 0 Å². The maximum Gasteiger partial charge on any atom is 0.137 e. The van der Waals surface area contributed by atoms with Gasteiger partial charge in [-0.25, -0.2) is 4.39 Å². The largest absolute Gasteiger partial charge is 0.376 e.